The third kappa shape index (κ3) is 5.19. The minimum Gasteiger partial charge on any atom is -0.496 e. The van der Waals surface area contributed by atoms with Crippen molar-refractivity contribution in [3.63, 3.8) is 0 Å². The van der Waals surface area contributed by atoms with Crippen LogP contribution in [0.3, 0.4) is 0 Å². The molecule has 0 aromatic heterocycles. The molecule has 1 rings (SSSR count). The molecule has 0 fully saturated rings. The zero-order chi connectivity index (χ0) is 15.0. The summed E-state index contributed by atoms with van der Waals surface area (Å²) in [6.45, 7) is 4.37. The smallest absolute Gasteiger partial charge is 0.248 e. The number of aliphatic hydroxyl groups excluding tert-OH is 1. The number of hydrogen-bond acceptors (Lipinski definition) is 4. The second-order valence-corrected chi connectivity index (χ2v) is 4.71. The van der Waals surface area contributed by atoms with Crippen molar-refractivity contribution in [2.24, 2.45) is 0 Å². The quantitative estimate of drug-likeness (QED) is 0.783. The average molecular weight is 281 g/mol. The first-order valence-corrected chi connectivity index (χ1v) is 6.70. The number of hydrogen-bond donors (Lipinski definition) is 1. The summed E-state index contributed by atoms with van der Waals surface area (Å²) in [5.74, 6) is 0.590. The van der Waals surface area contributed by atoms with Gasteiger partial charge in [-0.05, 0) is 19.9 Å². The Bertz CT molecular complexity index is 420. The number of carbonyl (C=O) groups is 1. The van der Waals surface area contributed by atoms with Crippen LogP contribution in [-0.2, 0) is 16.1 Å². The van der Waals surface area contributed by atoms with Crippen molar-refractivity contribution in [2.75, 3.05) is 26.9 Å². The minimum absolute atomic E-state index is 0.00110. The number of para-hydroxylation sites is 1. The lowest BCUT2D eigenvalue weighted by Gasteiger charge is -2.23. The maximum Gasteiger partial charge on any atom is 0.248 e. The van der Waals surface area contributed by atoms with E-state index in [2.05, 4.69) is 0 Å². The molecule has 1 amide bonds. The van der Waals surface area contributed by atoms with Gasteiger partial charge in [0, 0.05) is 18.7 Å². The molecule has 20 heavy (non-hydrogen) atoms. The van der Waals surface area contributed by atoms with Gasteiger partial charge in [0.1, 0.15) is 12.4 Å². The van der Waals surface area contributed by atoms with Crippen molar-refractivity contribution in [2.45, 2.75) is 26.5 Å². The van der Waals surface area contributed by atoms with E-state index in [0.717, 1.165) is 11.3 Å². The number of rotatable bonds is 8. The second-order valence-electron chi connectivity index (χ2n) is 4.71. The van der Waals surface area contributed by atoms with E-state index in [1.165, 1.54) is 0 Å². The van der Waals surface area contributed by atoms with Crippen LogP contribution in [0.2, 0.25) is 0 Å². The summed E-state index contributed by atoms with van der Waals surface area (Å²) in [6, 6.07) is 7.52. The molecule has 5 heteroatoms. The van der Waals surface area contributed by atoms with Gasteiger partial charge in [0.2, 0.25) is 5.91 Å². The van der Waals surface area contributed by atoms with Gasteiger partial charge in [-0.25, -0.2) is 0 Å². The summed E-state index contributed by atoms with van der Waals surface area (Å²) in [7, 11) is 1.60. The fourth-order valence-corrected chi connectivity index (χ4v) is 1.78. The number of methoxy groups -OCH3 is 1. The molecule has 0 heterocycles. The molecule has 0 spiro atoms. The van der Waals surface area contributed by atoms with Crippen molar-refractivity contribution in [1.29, 1.82) is 0 Å². The highest BCUT2D eigenvalue weighted by molar-refractivity contribution is 5.77. The highest BCUT2D eigenvalue weighted by Gasteiger charge is 2.16. The fourth-order valence-electron chi connectivity index (χ4n) is 1.78. The van der Waals surface area contributed by atoms with Gasteiger partial charge < -0.3 is 19.5 Å². The average Bonchev–Trinajstić information content (AvgIpc) is 2.44. The zero-order valence-electron chi connectivity index (χ0n) is 12.3. The maximum atomic E-state index is 12.1. The van der Waals surface area contributed by atoms with Crippen molar-refractivity contribution in [1.82, 2.24) is 4.90 Å². The highest BCUT2D eigenvalue weighted by atomic mass is 16.5. The lowest BCUT2D eigenvalue weighted by Crippen LogP contribution is -2.36. The summed E-state index contributed by atoms with van der Waals surface area (Å²) >= 11 is 0. The van der Waals surface area contributed by atoms with E-state index in [1.807, 2.05) is 38.1 Å². The molecule has 0 bridgehead atoms. The Hall–Kier alpha value is -1.59. The molecule has 0 unspecified atom stereocenters. The highest BCUT2D eigenvalue weighted by Crippen LogP contribution is 2.19. The Morgan fingerprint density at radius 3 is 2.65 bits per heavy atom. The number of carbonyl (C=O) groups excluding carboxylic acids is 1. The zero-order valence-corrected chi connectivity index (χ0v) is 12.3. The van der Waals surface area contributed by atoms with Gasteiger partial charge in [0.05, 0.1) is 19.8 Å². The van der Waals surface area contributed by atoms with Crippen molar-refractivity contribution >= 4 is 5.91 Å². The molecule has 5 nitrogen and oxygen atoms in total. The molecule has 1 N–H and O–H groups in total. The van der Waals surface area contributed by atoms with Gasteiger partial charge >= 0.3 is 0 Å². The molecule has 0 saturated carbocycles. The molecule has 0 aliphatic heterocycles. The van der Waals surface area contributed by atoms with Crippen LogP contribution in [-0.4, -0.2) is 48.9 Å². The summed E-state index contributed by atoms with van der Waals surface area (Å²) in [6.07, 6.45) is 0.00110. The third-order valence-corrected chi connectivity index (χ3v) is 2.82. The Labute approximate surface area is 120 Å². The summed E-state index contributed by atoms with van der Waals surface area (Å²) in [4.78, 5) is 13.7. The monoisotopic (exact) mass is 281 g/mol. The predicted octanol–water partition coefficient (Wildman–Crippen LogP) is 1.44. The van der Waals surface area contributed by atoms with Gasteiger partial charge in [-0.1, -0.05) is 18.2 Å². The van der Waals surface area contributed by atoms with Crippen LogP contribution in [0.4, 0.5) is 0 Å². The van der Waals surface area contributed by atoms with Crippen LogP contribution < -0.4 is 4.74 Å². The third-order valence-electron chi connectivity index (χ3n) is 2.82. The standard InChI is InChI=1S/C15H23NO4/c1-12(2)20-11-15(18)16(8-9-17)10-13-6-4-5-7-14(13)19-3/h4-7,12,17H,8-11H2,1-3H3. The number of benzene rings is 1. The Morgan fingerprint density at radius 1 is 1.35 bits per heavy atom. The number of amides is 1. The molecular formula is C15H23NO4. The second kappa shape index (κ2) is 8.55. The fraction of sp³-hybridized carbons (Fsp3) is 0.533. The lowest BCUT2D eigenvalue weighted by atomic mass is 10.2. The molecule has 0 aliphatic carbocycles. The molecule has 0 atom stereocenters. The van der Waals surface area contributed by atoms with E-state index >= 15 is 0 Å². The Kier molecular flexibility index (Phi) is 7.04. The first kappa shape index (κ1) is 16.5. The topological polar surface area (TPSA) is 59.0 Å². The van der Waals surface area contributed by atoms with Crippen LogP contribution in [0.15, 0.2) is 24.3 Å². The Morgan fingerprint density at radius 2 is 2.05 bits per heavy atom. The molecule has 1 aromatic carbocycles. The summed E-state index contributed by atoms with van der Waals surface area (Å²) in [5, 5.41) is 9.10. The van der Waals surface area contributed by atoms with Gasteiger partial charge in [-0.3, -0.25) is 4.79 Å². The molecule has 0 aliphatic rings. The van der Waals surface area contributed by atoms with E-state index in [-0.39, 0.29) is 31.8 Å². The van der Waals surface area contributed by atoms with Crippen LogP contribution in [0, 0.1) is 0 Å². The first-order valence-electron chi connectivity index (χ1n) is 6.70. The lowest BCUT2D eigenvalue weighted by molar-refractivity contribution is -0.138. The van der Waals surface area contributed by atoms with Gasteiger partial charge in [-0.15, -0.1) is 0 Å². The van der Waals surface area contributed by atoms with Crippen molar-refractivity contribution in [3.8, 4) is 5.75 Å². The largest absolute Gasteiger partial charge is 0.496 e. The number of aliphatic hydroxyl groups is 1. The van der Waals surface area contributed by atoms with Gasteiger partial charge in [-0.2, -0.15) is 0 Å². The number of ether oxygens (including phenoxy) is 2. The van der Waals surface area contributed by atoms with Crippen molar-refractivity contribution in [3.05, 3.63) is 29.8 Å². The van der Waals surface area contributed by atoms with Gasteiger partial charge in [0.15, 0.2) is 0 Å². The van der Waals surface area contributed by atoms with Crippen molar-refractivity contribution < 1.29 is 19.4 Å². The van der Waals surface area contributed by atoms with Gasteiger partial charge in [0.25, 0.3) is 0 Å². The van der Waals surface area contributed by atoms with Crippen LogP contribution >= 0.6 is 0 Å². The Balaban J connectivity index is 2.73. The normalized spacial score (nSPS) is 10.7. The molecule has 0 saturated heterocycles. The van der Waals surface area contributed by atoms with E-state index in [9.17, 15) is 4.79 Å². The molecule has 0 radical (unpaired) electrons. The predicted molar refractivity (Wildman–Crippen MR) is 76.6 cm³/mol. The maximum absolute atomic E-state index is 12.1. The number of nitrogens with zero attached hydrogens (tertiary/aromatic N) is 1. The van der Waals surface area contributed by atoms with E-state index in [4.69, 9.17) is 14.6 Å². The minimum atomic E-state index is -0.140. The summed E-state index contributed by atoms with van der Waals surface area (Å²) < 4.78 is 10.6. The van der Waals surface area contributed by atoms with Crippen LogP contribution in [0.5, 0.6) is 5.75 Å². The first-order chi connectivity index (χ1) is 9.58. The van der Waals surface area contributed by atoms with E-state index in [1.54, 1.807) is 12.0 Å². The van der Waals surface area contributed by atoms with Crippen LogP contribution in [0.1, 0.15) is 19.4 Å². The molecule has 112 valence electrons. The molecular weight excluding hydrogens is 258 g/mol. The molecule has 1 aromatic rings. The van der Waals surface area contributed by atoms with Crippen LogP contribution in [0.25, 0.3) is 0 Å². The van der Waals surface area contributed by atoms with E-state index in [0.29, 0.717) is 6.54 Å². The van der Waals surface area contributed by atoms with E-state index < -0.39 is 0 Å². The SMILES string of the molecule is COc1ccccc1CN(CCO)C(=O)COC(C)C. The summed E-state index contributed by atoms with van der Waals surface area (Å²) in [5.41, 5.74) is 0.904.